The molecule has 0 aliphatic carbocycles. The number of urea groups is 1. The monoisotopic (exact) mass is 396 g/mol. The van der Waals surface area contributed by atoms with E-state index >= 15 is 0 Å². The van der Waals surface area contributed by atoms with Gasteiger partial charge >= 0.3 is 12.0 Å². The van der Waals surface area contributed by atoms with Gasteiger partial charge in [0, 0.05) is 5.56 Å². The van der Waals surface area contributed by atoms with Crippen LogP contribution in [0.2, 0.25) is 0 Å². The lowest BCUT2D eigenvalue weighted by molar-refractivity contribution is -0.140. The summed E-state index contributed by atoms with van der Waals surface area (Å²) in [6, 6.07) is 12.0. The van der Waals surface area contributed by atoms with Crippen molar-refractivity contribution >= 4 is 23.7 Å². The fraction of sp³-hybridized carbons (Fsp3) is 0.238. The summed E-state index contributed by atoms with van der Waals surface area (Å²) in [5.74, 6) is -0.616. The standard InChI is InChI=1S/C21H20N2O6/c1-13(24)14-4-8-17(9-5-14)29-18(25)12-23-19(26)21(2,22-20(23)27)15-6-10-16(28-3)11-7-15/h4-11H,12H2,1-3H3,(H,22,27). The maximum absolute atomic E-state index is 12.9. The van der Waals surface area contributed by atoms with Gasteiger partial charge in [0.15, 0.2) is 5.78 Å². The molecule has 1 atom stereocenters. The minimum absolute atomic E-state index is 0.111. The zero-order valence-corrected chi connectivity index (χ0v) is 16.2. The van der Waals surface area contributed by atoms with Crippen LogP contribution in [0.1, 0.15) is 29.8 Å². The van der Waals surface area contributed by atoms with Crippen molar-refractivity contribution in [3.8, 4) is 11.5 Å². The molecule has 1 N–H and O–H groups in total. The van der Waals surface area contributed by atoms with E-state index in [0.717, 1.165) is 4.90 Å². The van der Waals surface area contributed by atoms with Crippen molar-refractivity contribution < 1.29 is 28.7 Å². The zero-order chi connectivity index (χ0) is 21.2. The highest BCUT2D eigenvalue weighted by atomic mass is 16.5. The van der Waals surface area contributed by atoms with E-state index < -0.39 is 30.0 Å². The Morgan fingerprint density at radius 3 is 2.14 bits per heavy atom. The maximum Gasteiger partial charge on any atom is 0.331 e. The Kier molecular flexibility index (Phi) is 5.36. The van der Waals surface area contributed by atoms with Gasteiger partial charge in [0.05, 0.1) is 7.11 Å². The molecule has 2 aromatic carbocycles. The highest BCUT2D eigenvalue weighted by Crippen LogP contribution is 2.30. The number of carbonyl (C=O) groups is 4. The predicted octanol–water partition coefficient (Wildman–Crippen LogP) is 2.27. The van der Waals surface area contributed by atoms with Crippen LogP contribution in [0.25, 0.3) is 0 Å². The van der Waals surface area contributed by atoms with Gasteiger partial charge in [0.25, 0.3) is 5.91 Å². The minimum Gasteiger partial charge on any atom is -0.497 e. The summed E-state index contributed by atoms with van der Waals surface area (Å²) in [6.45, 7) is 2.46. The molecule has 8 nitrogen and oxygen atoms in total. The van der Waals surface area contributed by atoms with Gasteiger partial charge in [-0.3, -0.25) is 14.5 Å². The first-order valence-corrected chi connectivity index (χ1v) is 8.85. The quantitative estimate of drug-likeness (QED) is 0.348. The molecular weight excluding hydrogens is 376 g/mol. The van der Waals surface area contributed by atoms with E-state index in [9.17, 15) is 19.2 Å². The molecule has 1 aliphatic heterocycles. The Bertz CT molecular complexity index is 968. The minimum atomic E-state index is -1.30. The van der Waals surface area contributed by atoms with Crippen molar-refractivity contribution in [3.05, 3.63) is 59.7 Å². The first-order chi connectivity index (χ1) is 13.7. The Balaban J connectivity index is 1.70. The van der Waals surface area contributed by atoms with E-state index in [-0.39, 0.29) is 11.5 Å². The van der Waals surface area contributed by atoms with Gasteiger partial charge in [-0.2, -0.15) is 0 Å². The molecule has 1 unspecified atom stereocenters. The van der Waals surface area contributed by atoms with Crippen LogP contribution in [0.5, 0.6) is 11.5 Å². The second-order valence-electron chi connectivity index (χ2n) is 6.73. The SMILES string of the molecule is COc1ccc(C2(C)NC(=O)N(CC(=O)Oc3ccc(C(C)=O)cc3)C2=O)cc1. The molecule has 0 spiro atoms. The van der Waals surface area contributed by atoms with E-state index in [4.69, 9.17) is 9.47 Å². The summed E-state index contributed by atoms with van der Waals surface area (Å²) in [5, 5.41) is 2.62. The zero-order valence-electron chi connectivity index (χ0n) is 16.2. The molecule has 8 heteroatoms. The number of imide groups is 1. The van der Waals surface area contributed by atoms with Gasteiger partial charge in [0.1, 0.15) is 23.6 Å². The summed E-state index contributed by atoms with van der Waals surface area (Å²) in [5.41, 5.74) is -0.256. The Hall–Kier alpha value is -3.68. The molecule has 1 saturated heterocycles. The Morgan fingerprint density at radius 2 is 1.59 bits per heavy atom. The van der Waals surface area contributed by atoms with Crippen LogP contribution in [0.3, 0.4) is 0 Å². The molecule has 0 radical (unpaired) electrons. The molecule has 0 aromatic heterocycles. The first kappa shape index (κ1) is 20.1. The number of methoxy groups -OCH3 is 1. The summed E-state index contributed by atoms with van der Waals surface area (Å²) in [6.07, 6.45) is 0. The van der Waals surface area contributed by atoms with Crippen LogP contribution in [-0.2, 0) is 15.1 Å². The third-order valence-corrected chi connectivity index (χ3v) is 4.72. The van der Waals surface area contributed by atoms with Crippen molar-refractivity contribution in [2.45, 2.75) is 19.4 Å². The van der Waals surface area contributed by atoms with Gasteiger partial charge in [-0.05, 0) is 55.8 Å². The van der Waals surface area contributed by atoms with Gasteiger partial charge in [0.2, 0.25) is 0 Å². The van der Waals surface area contributed by atoms with Crippen LogP contribution in [-0.4, -0.2) is 42.2 Å². The van der Waals surface area contributed by atoms with Crippen LogP contribution in [0.4, 0.5) is 4.79 Å². The van der Waals surface area contributed by atoms with Crippen molar-refractivity contribution in [3.63, 3.8) is 0 Å². The second kappa shape index (κ2) is 7.75. The summed E-state index contributed by atoms with van der Waals surface area (Å²) < 4.78 is 10.3. The molecule has 0 bridgehead atoms. The fourth-order valence-corrected chi connectivity index (χ4v) is 3.01. The molecule has 3 amide bonds. The molecule has 2 aromatic rings. The average Bonchev–Trinajstić information content (AvgIpc) is 2.92. The van der Waals surface area contributed by atoms with Crippen molar-refractivity contribution in [2.75, 3.05) is 13.7 Å². The van der Waals surface area contributed by atoms with Crippen LogP contribution in [0, 0.1) is 0 Å². The van der Waals surface area contributed by atoms with Crippen LogP contribution >= 0.6 is 0 Å². The molecular formula is C21H20N2O6. The highest BCUT2D eigenvalue weighted by molar-refractivity contribution is 6.09. The van der Waals surface area contributed by atoms with Gasteiger partial charge in [-0.25, -0.2) is 9.59 Å². The molecule has 3 rings (SSSR count). The number of carbonyl (C=O) groups excluding carboxylic acids is 4. The number of ether oxygens (including phenoxy) is 2. The van der Waals surface area contributed by atoms with Crippen molar-refractivity contribution in [2.24, 2.45) is 0 Å². The van der Waals surface area contributed by atoms with Crippen LogP contribution < -0.4 is 14.8 Å². The number of Topliss-reactive ketones (excluding diaryl/α,β-unsaturated/α-hetero) is 1. The third-order valence-electron chi connectivity index (χ3n) is 4.72. The van der Waals surface area contributed by atoms with Crippen molar-refractivity contribution in [1.29, 1.82) is 0 Å². The number of amides is 3. The Morgan fingerprint density at radius 1 is 1.00 bits per heavy atom. The molecule has 1 aliphatic rings. The molecule has 0 saturated carbocycles. The number of rotatable bonds is 6. The van der Waals surface area contributed by atoms with E-state index in [1.807, 2.05) is 0 Å². The van der Waals surface area contributed by atoms with Crippen LogP contribution in [0.15, 0.2) is 48.5 Å². The van der Waals surface area contributed by atoms with Gasteiger partial charge in [-0.1, -0.05) is 12.1 Å². The maximum atomic E-state index is 12.9. The highest BCUT2D eigenvalue weighted by Gasteiger charge is 2.49. The number of nitrogens with one attached hydrogen (secondary N) is 1. The smallest absolute Gasteiger partial charge is 0.331 e. The predicted molar refractivity (Wildman–Crippen MR) is 103 cm³/mol. The molecule has 150 valence electrons. The summed E-state index contributed by atoms with van der Waals surface area (Å²) in [4.78, 5) is 49.5. The number of esters is 1. The lowest BCUT2D eigenvalue weighted by Crippen LogP contribution is -2.41. The fourth-order valence-electron chi connectivity index (χ4n) is 3.01. The van der Waals surface area contributed by atoms with E-state index in [2.05, 4.69) is 5.32 Å². The Labute approximate surface area is 167 Å². The van der Waals surface area contributed by atoms with Gasteiger partial charge in [-0.15, -0.1) is 0 Å². The number of ketones is 1. The number of hydrogen-bond acceptors (Lipinski definition) is 6. The third kappa shape index (κ3) is 3.96. The van der Waals surface area contributed by atoms with Gasteiger partial charge < -0.3 is 14.8 Å². The lowest BCUT2D eigenvalue weighted by atomic mass is 9.92. The number of nitrogens with zero attached hydrogens (tertiary/aromatic N) is 1. The summed E-state index contributed by atoms with van der Waals surface area (Å²) in [7, 11) is 1.53. The second-order valence-corrected chi connectivity index (χ2v) is 6.73. The number of hydrogen-bond donors (Lipinski definition) is 1. The number of benzene rings is 2. The van der Waals surface area contributed by atoms with E-state index in [1.165, 1.54) is 38.3 Å². The molecule has 29 heavy (non-hydrogen) atoms. The van der Waals surface area contributed by atoms with E-state index in [1.54, 1.807) is 31.2 Å². The van der Waals surface area contributed by atoms with E-state index in [0.29, 0.717) is 16.9 Å². The molecule has 1 heterocycles. The topological polar surface area (TPSA) is 102 Å². The normalized spacial score (nSPS) is 18.4. The lowest BCUT2D eigenvalue weighted by Gasteiger charge is -2.22. The average molecular weight is 396 g/mol. The first-order valence-electron chi connectivity index (χ1n) is 8.85. The van der Waals surface area contributed by atoms with Crippen molar-refractivity contribution in [1.82, 2.24) is 10.2 Å². The summed E-state index contributed by atoms with van der Waals surface area (Å²) >= 11 is 0. The largest absolute Gasteiger partial charge is 0.497 e. The molecule has 1 fully saturated rings.